The molecule has 5 heteroatoms. The summed E-state index contributed by atoms with van der Waals surface area (Å²) in [7, 11) is 0.0453. The van der Waals surface area contributed by atoms with Crippen molar-refractivity contribution in [2.45, 2.75) is 43.7 Å². The van der Waals surface area contributed by atoms with Crippen LogP contribution in [0.3, 0.4) is 0 Å². The number of hydrogen-bond acceptors (Lipinski definition) is 3. The molecule has 0 aromatic heterocycles. The number of ether oxygens (including phenoxy) is 1. The van der Waals surface area contributed by atoms with Crippen LogP contribution in [0, 0.1) is 6.92 Å². The summed E-state index contributed by atoms with van der Waals surface area (Å²) in [6, 6.07) is 7.50. The van der Waals surface area contributed by atoms with Gasteiger partial charge in [0.25, 0.3) is 0 Å². The van der Waals surface area contributed by atoms with Gasteiger partial charge in [0.1, 0.15) is 16.5 Å². The molecule has 1 aliphatic heterocycles. The maximum Gasteiger partial charge on any atom is 0.328 e. The van der Waals surface area contributed by atoms with E-state index in [1.807, 2.05) is 38.1 Å². The van der Waals surface area contributed by atoms with Crippen molar-refractivity contribution in [1.82, 2.24) is 4.31 Å². The third-order valence-electron chi connectivity index (χ3n) is 3.71. The fraction of sp³-hybridized carbons (Fsp3) is 0.500. The Balaban J connectivity index is 2.25. The van der Waals surface area contributed by atoms with Crippen molar-refractivity contribution in [3.05, 3.63) is 29.8 Å². The number of methoxy groups -OCH3 is 1. The minimum absolute atomic E-state index is 0.0258. The number of carbonyl (C=O) groups is 1. The molecule has 1 fully saturated rings. The highest BCUT2D eigenvalue weighted by atomic mass is 32.2. The van der Waals surface area contributed by atoms with Gasteiger partial charge in [0.2, 0.25) is 0 Å². The van der Waals surface area contributed by atoms with E-state index in [2.05, 4.69) is 0 Å². The van der Waals surface area contributed by atoms with Crippen LogP contribution in [0.1, 0.15) is 25.8 Å². The van der Waals surface area contributed by atoms with Crippen molar-refractivity contribution >= 4 is 17.0 Å². The van der Waals surface area contributed by atoms with Crippen LogP contribution in [0.2, 0.25) is 0 Å². The van der Waals surface area contributed by atoms with Gasteiger partial charge in [-0.3, -0.25) is 0 Å². The number of nitrogens with zero attached hydrogens (tertiary/aromatic N) is 1. The SMILES string of the molecule is CC[C@@H]1N(S(=O)c2ccc(C)cc2)[C@@]1(C)C(=O)OC. The second-order valence-corrected chi connectivity index (χ2v) is 6.31. The van der Waals surface area contributed by atoms with Gasteiger partial charge in [-0.25, -0.2) is 9.00 Å². The third-order valence-corrected chi connectivity index (χ3v) is 5.38. The Hall–Kier alpha value is -1.20. The maximum atomic E-state index is 12.6. The number of rotatable bonds is 4. The fourth-order valence-electron chi connectivity index (χ4n) is 2.48. The summed E-state index contributed by atoms with van der Waals surface area (Å²) in [5.74, 6) is -0.320. The number of carbonyl (C=O) groups excluding carboxylic acids is 1. The highest BCUT2D eigenvalue weighted by Crippen LogP contribution is 2.46. The zero-order valence-corrected chi connectivity index (χ0v) is 12.5. The lowest BCUT2D eigenvalue weighted by atomic mass is 10.1. The van der Waals surface area contributed by atoms with Gasteiger partial charge < -0.3 is 4.74 Å². The second-order valence-electron chi connectivity index (χ2n) is 4.95. The maximum absolute atomic E-state index is 12.6. The van der Waals surface area contributed by atoms with Gasteiger partial charge in [0.15, 0.2) is 0 Å². The zero-order valence-electron chi connectivity index (χ0n) is 11.7. The number of hydrogen-bond donors (Lipinski definition) is 0. The Morgan fingerprint density at radius 3 is 2.47 bits per heavy atom. The Morgan fingerprint density at radius 2 is 2.00 bits per heavy atom. The van der Waals surface area contributed by atoms with Gasteiger partial charge in [-0.1, -0.05) is 24.6 Å². The normalized spacial score (nSPS) is 30.7. The van der Waals surface area contributed by atoms with Crippen molar-refractivity contribution in [3.63, 3.8) is 0 Å². The van der Waals surface area contributed by atoms with E-state index >= 15 is 0 Å². The molecular weight excluding hydrogens is 262 g/mol. The van der Waals surface area contributed by atoms with Crippen molar-refractivity contribution < 1.29 is 13.7 Å². The van der Waals surface area contributed by atoms with Crippen LogP contribution in [0.25, 0.3) is 0 Å². The molecule has 2 rings (SSSR count). The van der Waals surface area contributed by atoms with E-state index < -0.39 is 16.5 Å². The van der Waals surface area contributed by atoms with Crippen molar-refractivity contribution in [3.8, 4) is 0 Å². The highest BCUT2D eigenvalue weighted by Gasteiger charge is 2.67. The van der Waals surface area contributed by atoms with E-state index in [9.17, 15) is 9.00 Å². The molecule has 4 atom stereocenters. The van der Waals surface area contributed by atoms with E-state index in [0.717, 1.165) is 16.9 Å². The first kappa shape index (κ1) is 14.2. The van der Waals surface area contributed by atoms with Gasteiger partial charge in [-0.15, -0.1) is 0 Å². The quantitative estimate of drug-likeness (QED) is 0.627. The molecule has 1 saturated heterocycles. The average molecular weight is 281 g/mol. The summed E-state index contributed by atoms with van der Waals surface area (Å²) >= 11 is 0. The van der Waals surface area contributed by atoms with Crippen LogP contribution in [-0.2, 0) is 20.5 Å². The molecule has 0 saturated carbocycles. The van der Waals surface area contributed by atoms with Crippen LogP contribution in [-0.4, -0.2) is 33.2 Å². The first-order valence-electron chi connectivity index (χ1n) is 6.33. The minimum Gasteiger partial charge on any atom is -0.468 e. The van der Waals surface area contributed by atoms with Crippen LogP contribution in [0.4, 0.5) is 0 Å². The molecule has 0 N–H and O–H groups in total. The molecule has 0 bridgehead atoms. The predicted molar refractivity (Wildman–Crippen MR) is 73.9 cm³/mol. The lowest BCUT2D eigenvalue weighted by Gasteiger charge is -2.09. The monoisotopic (exact) mass is 281 g/mol. The lowest BCUT2D eigenvalue weighted by molar-refractivity contribution is -0.143. The van der Waals surface area contributed by atoms with Crippen LogP contribution >= 0.6 is 0 Å². The van der Waals surface area contributed by atoms with Gasteiger partial charge >= 0.3 is 5.97 Å². The summed E-state index contributed by atoms with van der Waals surface area (Å²) < 4.78 is 19.1. The summed E-state index contributed by atoms with van der Waals surface area (Å²) in [6.45, 7) is 5.76. The summed E-state index contributed by atoms with van der Waals surface area (Å²) in [6.07, 6.45) is 0.767. The molecule has 4 nitrogen and oxygen atoms in total. The van der Waals surface area contributed by atoms with Gasteiger partial charge in [0, 0.05) is 0 Å². The molecule has 0 aliphatic carbocycles. The van der Waals surface area contributed by atoms with E-state index in [0.29, 0.717) is 0 Å². The molecule has 1 aliphatic rings. The molecule has 104 valence electrons. The van der Waals surface area contributed by atoms with Crippen molar-refractivity contribution in [2.75, 3.05) is 7.11 Å². The van der Waals surface area contributed by atoms with E-state index in [1.54, 1.807) is 11.2 Å². The average Bonchev–Trinajstić information content (AvgIpc) is 3.04. The van der Waals surface area contributed by atoms with E-state index in [-0.39, 0.29) is 12.0 Å². The zero-order chi connectivity index (χ0) is 14.2. The van der Waals surface area contributed by atoms with Gasteiger partial charge in [-0.05, 0) is 32.4 Å². The summed E-state index contributed by atoms with van der Waals surface area (Å²) in [5, 5.41) is 0. The topological polar surface area (TPSA) is 46.4 Å². The molecule has 1 heterocycles. The van der Waals surface area contributed by atoms with Crippen molar-refractivity contribution in [1.29, 1.82) is 0 Å². The Morgan fingerprint density at radius 1 is 1.42 bits per heavy atom. The van der Waals surface area contributed by atoms with Crippen molar-refractivity contribution in [2.24, 2.45) is 0 Å². The molecular formula is C14H19NO3S. The predicted octanol–water partition coefficient (Wildman–Crippen LogP) is 2.04. The molecule has 1 aromatic carbocycles. The first-order chi connectivity index (χ1) is 8.96. The third kappa shape index (κ3) is 2.21. The second kappa shape index (κ2) is 5.06. The summed E-state index contributed by atoms with van der Waals surface area (Å²) in [4.78, 5) is 12.6. The molecule has 0 spiro atoms. The summed E-state index contributed by atoms with van der Waals surface area (Å²) in [5.41, 5.74) is 0.355. The molecule has 2 unspecified atom stereocenters. The Labute approximate surface area is 116 Å². The molecule has 0 amide bonds. The first-order valence-corrected chi connectivity index (χ1v) is 7.43. The number of esters is 1. The lowest BCUT2D eigenvalue weighted by Crippen LogP contribution is -2.29. The Kier molecular flexibility index (Phi) is 3.78. The van der Waals surface area contributed by atoms with Gasteiger partial charge in [0.05, 0.1) is 18.0 Å². The van der Waals surface area contributed by atoms with Crippen LogP contribution in [0.5, 0.6) is 0 Å². The van der Waals surface area contributed by atoms with Gasteiger partial charge in [-0.2, -0.15) is 4.31 Å². The van der Waals surface area contributed by atoms with Crippen LogP contribution < -0.4 is 0 Å². The largest absolute Gasteiger partial charge is 0.468 e. The number of aryl methyl sites for hydroxylation is 1. The molecule has 1 aromatic rings. The smallest absolute Gasteiger partial charge is 0.328 e. The highest BCUT2D eigenvalue weighted by molar-refractivity contribution is 7.83. The molecule has 0 radical (unpaired) electrons. The fourth-order valence-corrected chi connectivity index (χ4v) is 4.15. The molecule has 19 heavy (non-hydrogen) atoms. The Bertz CT molecular complexity index is 514. The van der Waals surface area contributed by atoms with Crippen LogP contribution in [0.15, 0.2) is 29.2 Å². The van der Waals surface area contributed by atoms with E-state index in [1.165, 1.54) is 7.11 Å². The number of benzene rings is 1. The van der Waals surface area contributed by atoms with E-state index in [4.69, 9.17) is 4.74 Å². The standard InChI is InChI=1S/C14H19NO3S/c1-5-12-14(3,13(16)18-4)15(12)19(17)11-8-6-10(2)7-9-11/h6-9,12H,5H2,1-4H3/t12-,14+,15?,19?/m0/s1. The minimum atomic E-state index is -1.32.